The quantitative estimate of drug-likeness (QED) is 0.876. The number of halogens is 2. The van der Waals surface area contributed by atoms with E-state index in [9.17, 15) is 9.50 Å². The minimum atomic E-state index is -0.345. The van der Waals surface area contributed by atoms with Crippen molar-refractivity contribution < 1.29 is 9.50 Å². The molecule has 0 fully saturated rings. The number of phenols is 1. The first-order chi connectivity index (χ1) is 9.54. The second-order valence-corrected chi connectivity index (χ2v) is 5.33. The van der Waals surface area contributed by atoms with Crippen LogP contribution in [-0.2, 0) is 13.0 Å². The molecule has 0 radical (unpaired) electrons. The van der Waals surface area contributed by atoms with Gasteiger partial charge in [-0.05, 0) is 49.2 Å². The molecule has 0 aliphatic heterocycles. The molecule has 20 heavy (non-hydrogen) atoms. The van der Waals surface area contributed by atoms with E-state index in [0.717, 1.165) is 17.0 Å². The van der Waals surface area contributed by atoms with E-state index in [4.69, 9.17) is 11.6 Å². The average Bonchev–Trinajstić information content (AvgIpc) is 2.40. The summed E-state index contributed by atoms with van der Waals surface area (Å²) >= 11 is 5.94. The Kier molecular flexibility index (Phi) is 4.99. The topological polar surface area (TPSA) is 32.3 Å². The van der Waals surface area contributed by atoms with E-state index in [1.165, 1.54) is 18.2 Å². The molecule has 1 atom stereocenters. The van der Waals surface area contributed by atoms with Gasteiger partial charge in [0, 0.05) is 23.2 Å². The molecule has 0 aromatic heterocycles. The van der Waals surface area contributed by atoms with Crippen LogP contribution >= 0.6 is 11.6 Å². The fraction of sp³-hybridized carbons (Fsp3) is 0.250. The van der Waals surface area contributed by atoms with Gasteiger partial charge >= 0.3 is 0 Å². The Balaban J connectivity index is 1.92. The van der Waals surface area contributed by atoms with Crippen LogP contribution in [0.2, 0.25) is 5.02 Å². The lowest BCUT2D eigenvalue weighted by molar-refractivity contribution is 0.455. The summed E-state index contributed by atoms with van der Waals surface area (Å²) in [7, 11) is 0. The van der Waals surface area contributed by atoms with Crippen molar-refractivity contribution in [3.05, 3.63) is 64.4 Å². The van der Waals surface area contributed by atoms with Crippen LogP contribution in [0.4, 0.5) is 4.39 Å². The molecule has 0 saturated heterocycles. The molecule has 4 heteroatoms. The Labute approximate surface area is 123 Å². The van der Waals surface area contributed by atoms with Gasteiger partial charge in [-0.3, -0.25) is 0 Å². The van der Waals surface area contributed by atoms with Gasteiger partial charge in [-0.25, -0.2) is 4.39 Å². The zero-order chi connectivity index (χ0) is 14.5. The van der Waals surface area contributed by atoms with Crippen molar-refractivity contribution in [2.45, 2.75) is 25.9 Å². The lowest BCUT2D eigenvalue weighted by Gasteiger charge is -2.15. The van der Waals surface area contributed by atoms with Crippen LogP contribution in [0.5, 0.6) is 5.75 Å². The summed E-state index contributed by atoms with van der Waals surface area (Å²) in [6, 6.07) is 11.9. The van der Waals surface area contributed by atoms with E-state index in [2.05, 4.69) is 5.32 Å². The predicted molar refractivity (Wildman–Crippen MR) is 79.5 cm³/mol. The van der Waals surface area contributed by atoms with Crippen molar-refractivity contribution >= 4 is 11.6 Å². The monoisotopic (exact) mass is 293 g/mol. The van der Waals surface area contributed by atoms with Gasteiger partial charge in [-0.2, -0.15) is 0 Å². The van der Waals surface area contributed by atoms with Gasteiger partial charge in [0.05, 0.1) is 0 Å². The lowest BCUT2D eigenvalue weighted by Crippen LogP contribution is -2.27. The maximum absolute atomic E-state index is 13.1. The van der Waals surface area contributed by atoms with Crippen molar-refractivity contribution in [3.63, 3.8) is 0 Å². The van der Waals surface area contributed by atoms with Crippen molar-refractivity contribution in [1.82, 2.24) is 5.32 Å². The molecule has 1 unspecified atom stereocenters. The highest BCUT2D eigenvalue weighted by atomic mass is 35.5. The first kappa shape index (κ1) is 14.8. The summed E-state index contributed by atoms with van der Waals surface area (Å²) in [6.45, 7) is 2.46. The number of hydrogen-bond donors (Lipinski definition) is 2. The molecule has 2 nitrogen and oxygen atoms in total. The zero-order valence-electron chi connectivity index (χ0n) is 11.2. The van der Waals surface area contributed by atoms with Crippen molar-refractivity contribution in [2.75, 3.05) is 0 Å². The van der Waals surface area contributed by atoms with Crippen molar-refractivity contribution in [3.8, 4) is 5.75 Å². The molecule has 0 amide bonds. The fourth-order valence-corrected chi connectivity index (χ4v) is 2.28. The van der Waals surface area contributed by atoms with Gasteiger partial charge in [-0.15, -0.1) is 0 Å². The van der Waals surface area contributed by atoms with Crippen LogP contribution in [0.3, 0.4) is 0 Å². The third kappa shape index (κ3) is 4.22. The minimum Gasteiger partial charge on any atom is -0.508 e. The Morgan fingerprint density at radius 1 is 1.25 bits per heavy atom. The molecule has 2 N–H and O–H groups in total. The summed E-state index contributed by atoms with van der Waals surface area (Å²) in [5.41, 5.74) is 1.70. The Morgan fingerprint density at radius 3 is 2.80 bits per heavy atom. The molecule has 0 aliphatic rings. The van der Waals surface area contributed by atoms with Crippen LogP contribution < -0.4 is 5.32 Å². The summed E-state index contributed by atoms with van der Waals surface area (Å²) in [4.78, 5) is 0. The highest BCUT2D eigenvalue weighted by Gasteiger charge is 2.07. The normalized spacial score (nSPS) is 12.3. The molecule has 2 aromatic carbocycles. The molecule has 0 heterocycles. The van der Waals surface area contributed by atoms with E-state index in [-0.39, 0.29) is 17.6 Å². The van der Waals surface area contributed by atoms with E-state index in [0.29, 0.717) is 12.1 Å². The van der Waals surface area contributed by atoms with Gasteiger partial charge in [0.15, 0.2) is 0 Å². The second kappa shape index (κ2) is 6.73. The third-order valence-electron chi connectivity index (χ3n) is 3.11. The highest BCUT2D eigenvalue weighted by molar-refractivity contribution is 6.30. The van der Waals surface area contributed by atoms with E-state index in [1.807, 2.05) is 31.2 Å². The summed E-state index contributed by atoms with van der Waals surface area (Å²) in [5, 5.41) is 13.6. The number of hydrogen-bond acceptors (Lipinski definition) is 2. The SMILES string of the molecule is CC(Cc1cccc(Cl)c1)NCc1cc(F)ccc1O. The van der Waals surface area contributed by atoms with Crippen molar-refractivity contribution in [2.24, 2.45) is 0 Å². The molecular formula is C16H17ClFNO. The van der Waals surface area contributed by atoms with E-state index in [1.54, 1.807) is 0 Å². The minimum absolute atomic E-state index is 0.105. The zero-order valence-corrected chi connectivity index (χ0v) is 12.0. The number of aromatic hydroxyl groups is 1. The first-order valence-corrected chi connectivity index (χ1v) is 6.87. The van der Waals surface area contributed by atoms with Crippen LogP contribution in [0, 0.1) is 5.82 Å². The highest BCUT2D eigenvalue weighted by Crippen LogP contribution is 2.18. The molecule has 0 saturated carbocycles. The lowest BCUT2D eigenvalue weighted by atomic mass is 10.1. The van der Waals surface area contributed by atoms with E-state index >= 15 is 0 Å². The molecule has 106 valence electrons. The fourth-order valence-electron chi connectivity index (χ4n) is 2.07. The van der Waals surface area contributed by atoms with E-state index < -0.39 is 0 Å². The van der Waals surface area contributed by atoms with Gasteiger partial charge in [-0.1, -0.05) is 23.7 Å². The molecular weight excluding hydrogens is 277 g/mol. The van der Waals surface area contributed by atoms with Gasteiger partial charge in [0.25, 0.3) is 0 Å². The van der Waals surface area contributed by atoms with Crippen molar-refractivity contribution in [1.29, 1.82) is 0 Å². The largest absolute Gasteiger partial charge is 0.508 e. The van der Waals surface area contributed by atoms with Crippen LogP contribution in [0.15, 0.2) is 42.5 Å². The number of rotatable bonds is 5. The summed E-state index contributed by atoms with van der Waals surface area (Å²) < 4.78 is 13.1. The van der Waals surface area contributed by atoms with Crippen LogP contribution in [0.25, 0.3) is 0 Å². The maximum Gasteiger partial charge on any atom is 0.123 e. The summed E-state index contributed by atoms with van der Waals surface area (Å²) in [5.74, 6) is -0.240. The number of phenolic OH excluding ortho intramolecular Hbond substituents is 1. The molecule has 0 spiro atoms. The van der Waals surface area contributed by atoms with Gasteiger partial charge < -0.3 is 10.4 Å². The molecule has 0 aliphatic carbocycles. The van der Waals surface area contributed by atoms with Gasteiger partial charge in [0.2, 0.25) is 0 Å². The second-order valence-electron chi connectivity index (χ2n) is 4.89. The maximum atomic E-state index is 13.1. The Morgan fingerprint density at radius 2 is 2.05 bits per heavy atom. The number of benzene rings is 2. The Bertz CT molecular complexity index is 588. The molecule has 0 bridgehead atoms. The molecule has 2 aromatic rings. The standard InChI is InChI=1S/C16H17ClFNO/c1-11(7-12-3-2-4-14(17)8-12)19-10-13-9-15(18)5-6-16(13)20/h2-6,8-9,11,19-20H,7,10H2,1H3. The average molecular weight is 294 g/mol. The summed E-state index contributed by atoms with van der Waals surface area (Å²) in [6.07, 6.45) is 0.816. The number of nitrogens with one attached hydrogen (secondary N) is 1. The first-order valence-electron chi connectivity index (χ1n) is 6.50. The molecule has 2 rings (SSSR count). The van der Waals surface area contributed by atoms with Gasteiger partial charge in [0.1, 0.15) is 11.6 Å². The van der Waals surface area contributed by atoms with Crippen LogP contribution in [-0.4, -0.2) is 11.1 Å². The predicted octanol–water partition coefficient (Wildman–Crippen LogP) is 3.91. The third-order valence-corrected chi connectivity index (χ3v) is 3.35. The smallest absolute Gasteiger partial charge is 0.123 e. The Hall–Kier alpha value is -1.58. The van der Waals surface area contributed by atoms with Crippen LogP contribution in [0.1, 0.15) is 18.1 Å².